The first-order valence-corrected chi connectivity index (χ1v) is 9.36. The zero-order valence-electron chi connectivity index (χ0n) is 15.4. The lowest BCUT2D eigenvalue weighted by molar-refractivity contribution is 0.192. The van der Waals surface area contributed by atoms with Gasteiger partial charge < -0.3 is 9.47 Å². The molecule has 1 aliphatic rings. The monoisotopic (exact) mass is 371 g/mol. The second-order valence-electron chi connectivity index (χ2n) is 6.88. The zero-order valence-corrected chi connectivity index (χ0v) is 15.4. The summed E-state index contributed by atoms with van der Waals surface area (Å²) in [6.45, 7) is 2.99. The maximum atomic E-state index is 13.9. The van der Waals surface area contributed by atoms with Gasteiger partial charge in [-0.15, -0.1) is 0 Å². The van der Waals surface area contributed by atoms with E-state index in [1.165, 1.54) is 17.7 Å². The van der Waals surface area contributed by atoms with Crippen LogP contribution in [-0.4, -0.2) is 13.2 Å². The largest absolute Gasteiger partial charge is 0.494 e. The van der Waals surface area contributed by atoms with Crippen molar-refractivity contribution in [2.24, 2.45) is 5.92 Å². The molecule has 3 nitrogen and oxygen atoms in total. The molecule has 0 heterocycles. The highest BCUT2D eigenvalue weighted by atomic mass is 19.2. The molecule has 0 saturated heterocycles. The number of rotatable bonds is 6. The minimum Gasteiger partial charge on any atom is -0.494 e. The first-order valence-electron chi connectivity index (χ1n) is 9.36. The molecule has 0 aliphatic heterocycles. The van der Waals surface area contributed by atoms with Crippen LogP contribution in [0.4, 0.5) is 8.78 Å². The van der Waals surface area contributed by atoms with Gasteiger partial charge in [0.1, 0.15) is 11.8 Å². The Labute approximate surface area is 158 Å². The Morgan fingerprint density at radius 3 is 2.30 bits per heavy atom. The molecule has 0 aromatic heterocycles. The molecule has 0 amide bonds. The maximum Gasteiger partial charge on any atom is 0.201 e. The maximum absolute atomic E-state index is 13.9. The highest BCUT2D eigenvalue weighted by Crippen LogP contribution is 2.36. The van der Waals surface area contributed by atoms with Crippen molar-refractivity contribution in [2.75, 3.05) is 13.2 Å². The summed E-state index contributed by atoms with van der Waals surface area (Å²) in [6, 6.07) is 12.5. The Morgan fingerprint density at radius 2 is 1.67 bits per heavy atom. The average molecular weight is 371 g/mol. The SMILES string of the molecule is CCOc1ccc(C2CCC(COc3ccc(C#N)c(F)c3F)CC2)cc1. The van der Waals surface area contributed by atoms with Crippen LogP contribution in [0.15, 0.2) is 36.4 Å². The summed E-state index contributed by atoms with van der Waals surface area (Å²) in [5.74, 6) is -0.630. The van der Waals surface area contributed by atoms with Gasteiger partial charge in [0, 0.05) is 0 Å². The molecule has 1 fully saturated rings. The van der Waals surface area contributed by atoms with Crippen molar-refractivity contribution in [2.45, 2.75) is 38.5 Å². The predicted molar refractivity (Wildman–Crippen MR) is 98.9 cm³/mol. The smallest absolute Gasteiger partial charge is 0.201 e. The van der Waals surface area contributed by atoms with Crippen molar-refractivity contribution in [3.05, 3.63) is 59.2 Å². The first-order chi connectivity index (χ1) is 13.1. The van der Waals surface area contributed by atoms with Crippen molar-refractivity contribution in [1.82, 2.24) is 0 Å². The Bertz CT molecular complexity index is 806. The standard InChI is InChI=1S/C22H23F2NO2/c1-2-26-19-10-7-17(8-11-19)16-5-3-15(4-6-16)14-27-20-12-9-18(13-25)21(23)22(20)24/h7-12,15-16H,2-6,14H2,1H3. The van der Waals surface area contributed by atoms with Gasteiger partial charge in [-0.2, -0.15) is 9.65 Å². The number of hydrogen-bond acceptors (Lipinski definition) is 3. The fraction of sp³-hybridized carbons (Fsp3) is 0.409. The van der Waals surface area contributed by atoms with Gasteiger partial charge in [-0.1, -0.05) is 12.1 Å². The molecule has 1 aliphatic carbocycles. The van der Waals surface area contributed by atoms with Gasteiger partial charge in [0.2, 0.25) is 5.82 Å². The van der Waals surface area contributed by atoms with E-state index in [-0.39, 0.29) is 11.3 Å². The number of halogens is 2. The molecular weight excluding hydrogens is 348 g/mol. The Hall–Kier alpha value is -2.61. The summed E-state index contributed by atoms with van der Waals surface area (Å²) in [5, 5.41) is 8.72. The third-order valence-corrected chi connectivity index (χ3v) is 5.15. The van der Waals surface area contributed by atoms with Crippen molar-refractivity contribution in [3.8, 4) is 17.6 Å². The van der Waals surface area contributed by atoms with E-state index in [0.29, 0.717) is 25.0 Å². The number of ether oxygens (including phenoxy) is 2. The van der Waals surface area contributed by atoms with Crippen molar-refractivity contribution >= 4 is 0 Å². The van der Waals surface area contributed by atoms with Gasteiger partial charge in [-0.3, -0.25) is 0 Å². The summed E-state index contributed by atoms with van der Waals surface area (Å²) in [7, 11) is 0. The van der Waals surface area contributed by atoms with Gasteiger partial charge in [-0.25, -0.2) is 4.39 Å². The van der Waals surface area contributed by atoms with Crippen LogP contribution in [0.2, 0.25) is 0 Å². The molecule has 0 N–H and O–H groups in total. The molecule has 142 valence electrons. The summed E-state index contributed by atoms with van der Waals surface area (Å²) in [5.41, 5.74) is 1.01. The normalized spacial score (nSPS) is 19.3. The summed E-state index contributed by atoms with van der Waals surface area (Å²) in [4.78, 5) is 0. The third-order valence-electron chi connectivity index (χ3n) is 5.15. The highest BCUT2D eigenvalue weighted by Gasteiger charge is 2.24. The van der Waals surface area contributed by atoms with Crippen LogP contribution >= 0.6 is 0 Å². The van der Waals surface area contributed by atoms with E-state index in [0.717, 1.165) is 31.4 Å². The molecule has 0 bridgehead atoms. The minimum absolute atomic E-state index is 0.125. The van der Waals surface area contributed by atoms with E-state index >= 15 is 0 Å². The van der Waals surface area contributed by atoms with E-state index in [1.807, 2.05) is 19.1 Å². The molecule has 0 spiro atoms. The van der Waals surface area contributed by atoms with Crippen LogP contribution in [0.25, 0.3) is 0 Å². The molecule has 2 aromatic carbocycles. The van der Waals surface area contributed by atoms with Crippen LogP contribution in [0.5, 0.6) is 11.5 Å². The zero-order chi connectivity index (χ0) is 19.2. The number of hydrogen-bond donors (Lipinski definition) is 0. The lowest BCUT2D eigenvalue weighted by Crippen LogP contribution is -2.19. The topological polar surface area (TPSA) is 42.2 Å². The second kappa shape index (κ2) is 8.85. The number of benzene rings is 2. The van der Waals surface area contributed by atoms with Crippen LogP contribution in [0, 0.1) is 28.9 Å². The van der Waals surface area contributed by atoms with Gasteiger partial charge in [-0.05, 0) is 74.3 Å². The van der Waals surface area contributed by atoms with Crippen LogP contribution in [-0.2, 0) is 0 Å². The van der Waals surface area contributed by atoms with E-state index in [1.54, 1.807) is 6.07 Å². The molecule has 2 aromatic rings. The van der Waals surface area contributed by atoms with Crippen LogP contribution in [0.3, 0.4) is 0 Å². The molecule has 0 atom stereocenters. The van der Waals surface area contributed by atoms with Crippen LogP contribution < -0.4 is 9.47 Å². The molecular formula is C22H23F2NO2. The third kappa shape index (κ3) is 4.57. The summed E-state index contributed by atoms with van der Waals surface area (Å²) < 4.78 is 38.5. The van der Waals surface area contributed by atoms with Gasteiger partial charge in [0.15, 0.2) is 11.6 Å². The molecule has 27 heavy (non-hydrogen) atoms. The molecule has 0 unspecified atom stereocenters. The second-order valence-corrected chi connectivity index (χ2v) is 6.88. The number of nitriles is 1. The number of nitrogens with zero attached hydrogens (tertiary/aromatic N) is 1. The Kier molecular flexibility index (Phi) is 6.28. The Balaban J connectivity index is 1.51. The van der Waals surface area contributed by atoms with Crippen molar-refractivity contribution in [1.29, 1.82) is 5.26 Å². The molecule has 0 radical (unpaired) electrons. The van der Waals surface area contributed by atoms with Gasteiger partial charge in [0.05, 0.1) is 18.8 Å². The van der Waals surface area contributed by atoms with E-state index in [2.05, 4.69) is 12.1 Å². The van der Waals surface area contributed by atoms with Crippen molar-refractivity contribution in [3.63, 3.8) is 0 Å². The summed E-state index contributed by atoms with van der Waals surface area (Å²) >= 11 is 0. The first kappa shape index (κ1) is 19.2. The lowest BCUT2D eigenvalue weighted by atomic mass is 9.79. The highest BCUT2D eigenvalue weighted by molar-refractivity contribution is 5.37. The quantitative estimate of drug-likeness (QED) is 0.665. The average Bonchev–Trinajstić information content (AvgIpc) is 2.70. The fourth-order valence-electron chi connectivity index (χ4n) is 3.60. The van der Waals surface area contributed by atoms with Crippen LogP contribution in [0.1, 0.15) is 49.7 Å². The van der Waals surface area contributed by atoms with E-state index < -0.39 is 11.6 Å². The lowest BCUT2D eigenvalue weighted by Gasteiger charge is -2.29. The molecule has 3 rings (SSSR count). The van der Waals surface area contributed by atoms with Gasteiger partial charge >= 0.3 is 0 Å². The van der Waals surface area contributed by atoms with E-state index in [4.69, 9.17) is 14.7 Å². The summed E-state index contributed by atoms with van der Waals surface area (Å²) in [6.07, 6.45) is 4.06. The van der Waals surface area contributed by atoms with Crippen molar-refractivity contribution < 1.29 is 18.3 Å². The fourth-order valence-corrected chi connectivity index (χ4v) is 3.60. The Morgan fingerprint density at radius 1 is 0.963 bits per heavy atom. The van der Waals surface area contributed by atoms with Gasteiger partial charge in [0.25, 0.3) is 0 Å². The minimum atomic E-state index is -1.14. The van der Waals surface area contributed by atoms with E-state index in [9.17, 15) is 8.78 Å². The molecule has 1 saturated carbocycles. The predicted octanol–water partition coefficient (Wildman–Crippen LogP) is 5.59. The molecule has 5 heteroatoms.